The van der Waals surface area contributed by atoms with Crippen LogP contribution in [0.3, 0.4) is 0 Å². The zero-order valence-electron chi connectivity index (χ0n) is 11.8. The molecule has 0 aliphatic heterocycles. The summed E-state index contributed by atoms with van der Waals surface area (Å²) in [5.74, 6) is -1.58. The fraction of sp³-hybridized carbons (Fsp3) is 0.562. The van der Waals surface area contributed by atoms with Crippen LogP contribution in [0, 0.1) is 5.92 Å². The van der Waals surface area contributed by atoms with E-state index in [1.807, 2.05) is 44.2 Å². The number of aryl methyl sites for hydroxylation is 1. The van der Waals surface area contributed by atoms with Crippen molar-refractivity contribution in [3.63, 3.8) is 0 Å². The number of carbonyl (C=O) groups is 1. The lowest BCUT2D eigenvalue weighted by molar-refractivity contribution is -0.153. The minimum Gasteiger partial charge on any atom is -0.481 e. The van der Waals surface area contributed by atoms with E-state index in [2.05, 4.69) is 0 Å². The van der Waals surface area contributed by atoms with Gasteiger partial charge in [-0.25, -0.2) is 0 Å². The second-order valence-electron chi connectivity index (χ2n) is 5.14. The summed E-state index contributed by atoms with van der Waals surface area (Å²) in [5.41, 5.74) is 0.0304. The van der Waals surface area contributed by atoms with E-state index < -0.39 is 17.5 Å². The van der Waals surface area contributed by atoms with Crippen LogP contribution in [0.15, 0.2) is 30.3 Å². The van der Waals surface area contributed by atoms with Crippen LogP contribution in [0.25, 0.3) is 0 Å². The van der Waals surface area contributed by atoms with Gasteiger partial charge < -0.3 is 10.2 Å². The van der Waals surface area contributed by atoms with E-state index in [0.717, 1.165) is 12.0 Å². The van der Waals surface area contributed by atoms with Crippen LogP contribution in [-0.2, 0) is 11.2 Å². The number of hydrogen-bond donors (Lipinski definition) is 2. The van der Waals surface area contributed by atoms with Gasteiger partial charge in [-0.15, -0.1) is 0 Å². The van der Waals surface area contributed by atoms with E-state index in [9.17, 15) is 15.0 Å². The van der Waals surface area contributed by atoms with E-state index in [1.165, 1.54) is 0 Å². The predicted octanol–water partition coefficient (Wildman–Crippen LogP) is 3.26. The van der Waals surface area contributed by atoms with E-state index in [1.54, 1.807) is 0 Å². The Hall–Kier alpha value is -1.35. The standard InChI is InChI=1S/C16H24O3/c1-3-11-16(19,14(4-2)15(17)18)12-10-13-8-6-5-7-9-13/h5-9,14,19H,3-4,10-12H2,1-2H3,(H,17,18). The highest BCUT2D eigenvalue weighted by Gasteiger charge is 2.39. The van der Waals surface area contributed by atoms with Crippen molar-refractivity contribution in [3.05, 3.63) is 35.9 Å². The number of hydrogen-bond acceptors (Lipinski definition) is 2. The maximum Gasteiger partial charge on any atom is 0.309 e. The molecule has 0 aliphatic carbocycles. The second-order valence-corrected chi connectivity index (χ2v) is 5.14. The smallest absolute Gasteiger partial charge is 0.309 e. The van der Waals surface area contributed by atoms with Gasteiger partial charge in [0, 0.05) is 0 Å². The molecule has 0 fully saturated rings. The molecule has 0 heterocycles. The molecule has 1 aromatic rings. The van der Waals surface area contributed by atoms with Gasteiger partial charge in [-0.3, -0.25) is 4.79 Å². The average molecular weight is 264 g/mol. The summed E-state index contributed by atoms with van der Waals surface area (Å²) in [6.45, 7) is 3.80. The molecule has 1 aromatic carbocycles. The van der Waals surface area contributed by atoms with Gasteiger partial charge in [0.25, 0.3) is 0 Å². The van der Waals surface area contributed by atoms with Crippen molar-refractivity contribution >= 4 is 5.97 Å². The zero-order chi connectivity index (χ0) is 14.3. The molecule has 0 spiro atoms. The maximum absolute atomic E-state index is 11.3. The molecule has 2 unspecified atom stereocenters. The van der Waals surface area contributed by atoms with Crippen molar-refractivity contribution in [2.75, 3.05) is 0 Å². The molecule has 2 atom stereocenters. The van der Waals surface area contributed by atoms with Crippen molar-refractivity contribution < 1.29 is 15.0 Å². The molecular formula is C16H24O3. The third-order valence-electron chi connectivity index (χ3n) is 3.73. The summed E-state index contributed by atoms with van der Waals surface area (Å²) in [4.78, 5) is 11.3. The summed E-state index contributed by atoms with van der Waals surface area (Å²) >= 11 is 0. The van der Waals surface area contributed by atoms with Crippen LogP contribution >= 0.6 is 0 Å². The van der Waals surface area contributed by atoms with E-state index in [-0.39, 0.29) is 0 Å². The minimum absolute atomic E-state index is 0.459. The highest BCUT2D eigenvalue weighted by molar-refractivity contribution is 5.71. The quantitative estimate of drug-likeness (QED) is 0.757. The SMILES string of the molecule is CCCC(O)(CCc1ccccc1)C(CC)C(=O)O. The number of benzene rings is 1. The van der Waals surface area contributed by atoms with Gasteiger partial charge >= 0.3 is 5.97 Å². The van der Waals surface area contributed by atoms with Crippen LogP contribution in [0.5, 0.6) is 0 Å². The Morgan fingerprint density at radius 3 is 2.32 bits per heavy atom. The first-order valence-electron chi connectivity index (χ1n) is 7.02. The Balaban J connectivity index is 2.78. The lowest BCUT2D eigenvalue weighted by Crippen LogP contribution is -2.42. The number of aliphatic hydroxyl groups is 1. The molecule has 106 valence electrons. The number of rotatable bonds is 8. The Bertz CT molecular complexity index is 388. The summed E-state index contributed by atoms with van der Waals surface area (Å²) in [7, 11) is 0. The van der Waals surface area contributed by atoms with Crippen LogP contribution < -0.4 is 0 Å². The largest absolute Gasteiger partial charge is 0.481 e. The molecular weight excluding hydrogens is 240 g/mol. The van der Waals surface area contributed by atoms with Gasteiger partial charge in [-0.1, -0.05) is 50.6 Å². The summed E-state index contributed by atoms with van der Waals surface area (Å²) < 4.78 is 0. The molecule has 0 saturated carbocycles. The summed E-state index contributed by atoms with van der Waals surface area (Å²) in [6.07, 6.45) is 2.98. The molecule has 0 aromatic heterocycles. The molecule has 0 radical (unpaired) electrons. The number of carboxylic acid groups (broad SMARTS) is 1. The van der Waals surface area contributed by atoms with Crippen molar-refractivity contribution in [3.8, 4) is 0 Å². The topological polar surface area (TPSA) is 57.5 Å². The average Bonchev–Trinajstić information content (AvgIpc) is 2.38. The molecule has 2 N–H and O–H groups in total. The Labute approximate surface area is 115 Å². The Morgan fingerprint density at radius 2 is 1.84 bits per heavy atom. The van der Waals surface area contributed by atoms with Gasteiger partial charge in [0.1, 0.15) is 0 Å². The summed E-state index contributed by atoms with van der Waals surface area (Å²) in [5, 5.41) is 20.0. The fourth-order valence-electron chi connectivity index (χ4n) is 2.70. The van der Waals surface area contributed by atoms with Gasteiger partial charge in [0.05, 0.1) is 11.5 Å². The molecule has 19 heavy (non-hydrogen) atoms. The van der Waals surface area contributed by atoms with Gasteiger partial charge in [-0.2, -0.15) is 0 Å². The third-order valence-corrected chi connectivity index (χ3v) is 3.73. The molecule has 0 bridgehead atoms. The van der Waals surface area contributed by atoms with E-state index in [4.69, 9.17) is 0 Å². The zero-order valence-corrected chi connectivity index (χ0v) is 11.8. The van der Waals surface area contributed by atoms with Crippen molar-refractivity contribution in [1.82, 2.24) is 0 Å². The maximum atomic E-state index is 11.3. The van der Waals surface area contributed by atoms with Gasteiger partial charge in [0.2, 0.25) is 0 Å². The monoisotopic (exact) mass is 264 g/mol. The van der Waals surface area contributed by atoms with Crippen LogP contribution in [0.1, 0.15) is 45.1 Å². The van der Waals surface area contributed by atoms with Crippen molar-refractivity contribution in [2.45, 2.75) is 51.6 Å². The third kappa shape index (κ3) is 4.35. The highest BCUT2D eigenvalue weighted by atomic mass is 16.4. The number of aliphatic carboxylic acids is 1. The number of carboxylic acids is 1. The highest BCUT2D eigenvalue weighted by Crippen LogP contribution is 2.31. The van der Waals surface area contributed by atoms with E-state index >= 15 is 0 Å². The van der Waals surface area contributed by atoms with E-state index in [0.29, 0.717) is 25.7 Å². The van der Waals surface area contributed by atoms with Crippen LogP contribution in [0.4, 0.5) is 0 Å². The first-order chi connectivity index (χ1) is 9.03. The fourth-order valence-corrected chi connectivity index (χ4v) is 2.70. The molecule has 1 rings (SSSR count). The van der Waals surface area contributed by atoms with Crippen molar-refractivity contribution in [1.29, 1.82) is 0 Å². The molecule has 0 saturated heterocycles. The molecule has 3 heteroatoms. The Kier molecular flexibility index (Phi) is 6.03. The van der Waals surface area contributed by atoms with Crippen molar-refractivity contribution in [2.24, 2.45) is 5.92 Å². The lowest BCUT2D eigenvalue weighted by atomic mass is 9.78. The molecule has 0 aliphatic rings. The van der Waals surface area contributed by atoms with Gasteiger partial charge in [0.15, 0.2) is 0 Å². The predicted molar refractivity (Wildman–Crippen MR) is 76.0 cm³/mol. The van der Waals surface area contributed by atoms with Crippen LogP contribution in [0.2, 0.25) is 0 Å². The minimum atomic E-state index is -1.11. The molecule has 0 amide bonds. The van der Waals surface area contributed by atoms with Gasteiger partial charge in [-0.05, 0) is 31.2 Å². The lowest BCUT2D eigenvalue weighted by Gasteiger charge is -2.33. The van der Waals surface area contributed by atoms with Crippen LogP contribution in [-0.4, -0.2) is 21.8 Å². The normalized spacial score (nSPS) is 15.7. The second kappa shape index (κ2) is 7.29. The Morgan fingerprint density at radius 1 is 1.21 bits per heavy atom. The first-order valence-corrected chi connectivity index (χ1v) is 7.02. The molecule has 3 nitrogen and oxygen atoms in total. The first kappa shape index (κ1) is 15.7. The summed E-state index contributed by atoms with van der Waals surface area (Å²) in [6, 6.07) is 9.89.